The highest BCUT2D eigenvalue weighted by Gasteiger charge is 2.33. The number of allylic oxidation sites excluding steroid dienone is 1. The number of hydrogen-bond donors (Lipinski definition) is 1. The van der Waals surface area contributed by atoms with Crippen LogP contribution >= 0.6 is 0 Å². The molecule has 2 aliphatic carbocycles. The number of likely N-dealkylation sites (N-methyl/N-ethyl adjacent to an activating group) is 1. The molecule has 0 radical (unpaired) electrons. The van der Waals surface area contributed by atoms with Crippen LogP contribution in [0.4, 0.5) is 0 Å². The summed E-state index contributed by atoms with van der Waals surface area (Å²) >= 11 is 0. The Kier molecular flexibility index (Phi) is 5.11. The molecule has 0 amide bonds. The topological polar surface area (TPSA) is 12.0 Å². The highest BCUT2D eigenvalue weighted by atomic mass is 14.9. The molecule has 2 rings (SSSR count). The normalized spacial score (nSPS) is 30.2. The van der Waals surface area contributed by atoms with Gasteiger partial charge in [0.2, 0.25) is 0 Å². The molecule has 1 nitrogen and oxygen atoms in total. The Morgan fingerprint density at radius 2 is 1.89 bits per heavy atom. The fourth-order valence-electron chi connectivity index (χ4n) is 4.12. The molecule has 19 heavy (non-hydrogen) atoms. The van der Waals surface area contributed by atoms with Gasteiger partial charge in [-0.1, -0.05) is 39.3 Å². The number of rotatable bonds is 4. The van der Waals surface area contributed by atoms with Crippen LogP contribution in [0.1, 0.15) is 72.6 Å². The molecule has 0 aromatic carbocycles. The van der Waals surface area contributed by atoms with Crippen molar-refractivity contribution in [2.24, 2.45) is 17.3 Å². The van der Waals surface area contributed by atoms with Crippen LogP contribution in [0, 0.1) is 17.3 Å². The molecule has 0 spiro atoms. The molecule has 1 saturated carbocycles. The Morgan fingerprint density at radius 3 is 2.37 bits per heavy atom. The van der Waals surface area contributed by atoms with E-state index in [4.69, 9.17) is 0 Å². The summed E-state index contributed by atoms with van der Waals surface area (Å²) in [6.07, 6.45) is 12.3. The third-order valence-electron chi connectivity index (χ3n) is 5.37. The molecule has 1 atom stereocenters. The van der Waals surface area contributed by atoms with Crippen molar-refractivity contribution in [3.05, 3.63) is 11.6 Å². The SMILES string of the molecule is CCNC(C1=CCCC1)C1CCC(C(C)(C)C)CC1. The van der Waals surface area contributed by atoms with Crippen LogP contribution in [-0.2, 0) is 0 Å². The van der Waals surface area contributed by atoms with Crippen molar-refractivity contribution in [2.45, 2.75) is 78.7 Å². The van der Waals surface area contributed by atoms with Gasteiger partial charge in [0.25, 0.3) is 0 Å². The van der Waals surface area contributed by atoms with Crippen molar-refractivity contribution >= 4 is 0 Å². The molecule has 2 aliphatic rings. The summed E-state index contributed by atoms with van der Waals surface area (Å²) in [7, 11) is 0. The van der Waals surface area contributed by atoms with Gasteiger partial charge in [0.1, 0.15) is 0 Å². The maximum atomic E-state index is 3.78. The van der Waals surface area contributed by atoms with Crippen LogP contribution in [0.3, 0.4) is 0 Å². The van der Waals surface area contributed by atoms with Crippen LogP contribution in [-0.4, -0.2) is 12.6 Å². The van der Waals surface area contributed by atoms with Crippen molar-refractivity contribution in [3.63, 3.8) is 0 Å². The molecule has 1 unspecified atom stereocenters. The summed E-state index contributed by atoms with van der Waals surface area (Å²) < 4.78 is 0. The minimum Gasteiger partial charge on any atom is -0.310 e. The van der Waals surface area contributed by atoms with E-state index >= 15 is 0 Å². The van der Waals surface area contributed by atoms with Gasteiger partial charge in [-0.25, -0.2) is 0 Å². The predicted molar refractivity (Wildman–Crippen MR) is 84.3 cm³/mol. The first-order valence-corrected chi connectivity index (χ1v) is 8.44. The molecule has 1 fully saturated rings. The lowest BCUT2D eigenvalue weighted by Crippen LogP contribution is -2.40. The fraction of sp³-hybridized carbons (Fsp3) is 0.889. The molecule has 1 N–H and O–H groups in total. The minimum atomic E-state index is 0.505. The molecule has 1 heteroatoms. The summed E-state index contributed by atoms with van der Waals surface area (Å²) in [6, 6.07) is 0.688. The van der Waals surface area contributed by atoms with E-state index in [0.29, 0.717) is 11.5 Å². The molecule has 0 aromatic heterocycles. The molecule has 0 saturated heterocycles. The van der Waals surface area contributed by atoms with Crippen LogP contribution in [0.15, 0.2) is 11.6 Å². The zero-order valence-corrected chi connectivity index (χ0v) is 13.5. The van der Waals surface area contributed by atoms with Gasteiger partial charge in [-0.3, -0.25) is 0 Å². The zero-order valence-electron chi connectivity index (χ0n) is 13.5. The second-order valence-corrected chi connectivity index (χ2v) is 7.68. The second-order valence-electron chi connectivity index (χ2n) is 7.68. The van der Waals surface area contributed by atoms with Crippen LogP contribution < -0.4 is 5.32 Å². The Labute approximate surface area is 120 Å². The molecule has 0 heterocycles. The van der Waals surface area contributed by atoms with Gasteiger partial charge < -0.3 is 5.32 Å². The number of hydrogen-bond acceptors (Lipinski definition) is 1. The highest BCUT2D eigenvalue weighted by molar-refractivity contribution is 5.17. The van der Waals surface area contributed by atoms with Gasteiger partial charge >= 0.3 is 0 Å². The quantitative estimate of drug-likeness (QED) is 0.709. The van der Waals surface area contributed by atoms with Gasteiger partial charge in [-0.05, 0) is 68.7 Å². The Bertz CT molecular complexity index is 302. The number of nitrogens with one attached hydrogen (secondary N) is 1. The van der Waals surface area contributed by atoms with Crippen molar-refractivity contribution in [2.75, 3.05) is 6.54 Å². The third-order valence-corrected chi connectivity index (χ3v) is 5.37. The first kappa shape index (κ1) is 15.1. The van der Waals surface area contributed by atoms with Gasteiger partial charge in [0.05, 0.1) is 0 Å². The molecular formula is C18H33N. The monoisotopic (exact) mass is 263 g/mol. The van der Waals surface area contributed by atoms with E-state index in [2.05, 4.69) is 39.1 Å². The lowest BCUT2D eigenvalue weighted by Gasteiger charge is -2.40. The maximum absolute atomic E-state index is 3.78. The van der Waals surface area contributed by atoms with E-state index in [1.807, 2.05) is 0 Å². The average molecular weight is 263 g/mol. The van der Waals surface area contributed by atoms with Gasteiger partial charge in [-0.15, -0.1) is 0 Å². The fourth-order valence-corrected chi connectivity index (χ4v) is 4.12. The smallest absolute Gasteiger partial charge is 0.0307 e. The average Bonchev–Trinajstić information content (AvgIpc) is 2.89. The largest absolute Gasteiger partial charge is 0.310 e. The van der Waals surface area contributed by atoms with E-state index in [-0.39, 0.29) is 0 Å². The first-order valence-electron chi connectivity index (χ1n) is 8.44. The standard InChI is InChI=1S/C18H33N/c1-5-19-17(14-8-6-7-9-14)15-10-12-16(13-11-15)18(2,3)4/h8,15-17,19H,5-7,9-13H2,1-4H3. The van der Waals surface area contributed by atoms with E-state index < -0.39 is 0 Å². The summed E-state index contributed by atoms with van der Waals surface area (Å²) in [4.78, 5) is 0. The van der Waals surface area contributed by atoms with Crippen LogP contribution in [0.25, 0.3) is 0 Å². The summed E-state index contributed by atoms with van der Waals surface area (Å²) in [5.41, 5.74) is 2.23. The van der Waals surface area contributed by atoms with E-state index in [1.54, 1.807) is 5.57 Å². The molecule has 110 valence electrons. The van der Waals surface area contributed by atoms with Crippen LogP contribution in [0.2, 0.25) is 0 Å². The molecule has 0 bridgehead atoms. The van der Waals surface area contributed by atoms with Gasteiger partial charge in [-0.2, -0.15) is 0 Å². The maximum Gasteiger partial charge on any atom is 0.0307 e. The van der Waals surface area contributed by atoms with E-state index in [9.17, 15) is 0 Å². The Morgan fingerprint density at radius 1 is 1.21 bits per heavy atom. The van der Waals surface area contributed by atoms with Gasteiger partial charge in [0.15, 0.2) is 0 Å². The molecular weight excluding hydrogens is 230 g/mol. The predicted octanol–water partition coefficient (Wildman–Crippen LogP) is 4.93. The Hall–Kier alpha value is -0.300. The van der Waals surface area contributed by atoms with Crippen molar-refractivity contribution in [1.82, 2.24) is 5.32 Å². The lowest BCUT2D eigenvalue weighted by atomic mass is 9.68. The minimum absolute atomic E-state index is 0.505. The van der Waals surface area contributed by atoms with Crippen molar-refractivity contribution < 1.29 is 0 Å². The zero-order chi connectivity index (χ0) is 13.9. The Balaban J connectivity index is 1.94. The summed E-state index contributed by atoms with van der Waals surface area (Å²) in [5.74, 6) is 1.83. The lowest BCUT2D eigenvalue weighted by molar-refractivity contribution is 0.138. The summed E-state index contributed by atoms with van der Waals surface area (Å²) in [6.45, 7) is 10.6. The second kappa shape index (κ2) is 6.43. The van der Waals surface area contributed by atoms with E-state index in [0.717, 1.165) is 18.4 Å². The van der Waals surface area contributed by atoms with Crippen molar-refractivity contribution in [1.29, 1.82) is 0 Å². The highest BCUT2D eigenvalue weighted by Crippen LogP contribution is 2.42. The van der Waals surface area contributed by atoms with E-state index in [1.165, 1.54) is 44.9 Å². The van der Waals surface area contributed by atoms with Crippen molar-refractivity contribution in [3.8, 4) is 0 Å². The first-order chi connectivity index (χ1) is 9.02. The summed E-state index contributed by atoms with van der Waals surface area (Å²) in [5, 5.41) is 3.78. The van der Waals surface area contributed by atoms with Crippen LogP contribution in [0.5, 0.6) is 0 Å². The third kappa shape index (κ3) is 3.84. The van der Waals surface area contributed by atoms with Gasteiger partial charge in [0, 0.05) is 6.04 Å². The molecule has 0 aliphatic heterocycles. The molecule has 0 aromatic rings.